The summed E-state index contributed by atoms with van der Waals surface area (Å²) in [6.45, 7) is 2.03. The van der Waals surface area contributed by atoms with Gasteiger partial charge in [0.25, 0.3) is 0 Å². The van der Waals surface area contributed by atoms with E-state index in [1.807, 2.05) is 48.1 Å². The highest BCUT2D eigenvalue weighted by Crippen LogP contribution is 2.09. The van der Waals surface area contributed by atoms with Gasteiger partial charge in [0.1, 0.15) is 0 Å². The Morgan fingerprint density at radius 2 is 2.06 bits per heavy atom. The first kappa shape index (κ1) is 10.9. The summed E-state index contributed by atoms with van der Waals surface area (Å²) in [6, 6.07) is 10.4. The van der Waals surface area contributed by atoms with Crippen molar-refractivity contribution in [2.45, 2.75) is 25.8 Å². The van der Waals surface area contributed by atoms with Gasteiger partial charge in [-0.25, -0.2) is 4.68 Å². The quantitative estimate of drug-likeness (QED) is 0.849. The van der Waals surface area contributed by atoms with Gasteiger partial charge in [-0.05, 0) is 37.5 Å². The highest BCUT2D eigenvalue weighted by Gasteiger charge is 2.01. The SMILES string of the molecule is CC(N)CCc1cnn(-c2ccccc2)c1. The molecule has 0 bridgehead atoms. The largest absolute Gasteiger partial charge is 0.328 e. The molecule has 0 aliphatic carbocycles. The van der Waals surface area contributed by atoms with Crippen LogP contribution in [0.3, 0.4) is 0 Å². The minimum absolute atomic E-state index is 0.250. The predicted octanol–water partition coefficient (Wildman–Crippen LogP) is 2.15. The third-order valence-electron chi connectivity index (χ3n) is 2.55. The number of nitrogens with zero attached hydrogens (tertiary/aromatic N) is 2. The Labute approximate surface area is 95.9 Å². The molecule has 2 rings (SSSR count). The molecule has 1 heterocycles. The van der Waals surface area contributed by atoms with E-state index in [1.54, 1.807) is 0 Å². The van der Waals surface area contributed by atoms with Crippen LogP contribution in [0.2, 0.25) is 0 Å². The van der Waals surface area contributed by atoms with Crippen LogP contribution in [-0.4, -0.2) is 15.8 Å². The Kier molecular flexibility index (Phi) is 3.37. The molecule has 0 amide bonds. The highest BCUT2D eigenvalue weighted by molar-refractivity contribution is 5.30. The summed E-state index contributed by atoms with van der Waals surface area (Å²) >= 11 is 0. The minimum atomic E-state index is 0.250. The maximum Gasteiger partial charge on any atom is 0.0645 e. The smallest absolute Gasteiger partial charge is 0.0645 e. The van der Waals surface area contributed by atoms with Gasteiger partial charge in [-0.1, -0.05) is 18.2 Å². The van der Waals surface area contributed by atoms with Crippen molar-refractivity contribution in [1.82, 2.24) is 9.78 Å². The summed E-state index contributed by atoms with van der Waals surface area (Å²) in [7, 11) is 0. The lowest BCUT2D eigenvalue weighted by atomic mass is 10.1. The molecule has 16 heavy (non-hydrogen) atoms. The van der Waals surface area contributed by atoms with E-state index in [2.05, 4.69) is 11.3 Å². The lowest BCUT2D eigenvalue weighted by molar-refractivity contribution is 0.666. The molecule has 0 saturated heterocycles. The molecule has 1 unspecified atom stereocenters. The molecule has 1 atom stereocenters. The van der Waals surface area contributed by atoms with Crippen LogP contribution in [0.1, 0.15) is 18.9 Å². The van der Waals surface area contributed by atoms with Gasteiger partial charge in [-0.2, -0.15) is 5.10 Å². The number of para-hydroxylation sites is 1. The van der Waals surface area contributed by atoms with E-state index < -0.39 is 0 Å². The van der Waals surface area contributed by atoms with Gasteiger partial charge in [0.05, 0.1) is 11.9 Å². The molecule has 0 spiro atoms. The average Bonchev–Trinajstić information content (AvgIpc) is 2.76. The molecule has 3 heteroatoms. The second-order valence-electron chi connectivity index (χ2n) is 4.14. The summed E-state index contributed by atoms with van der Waals surface area (Å²) in [5.74, 6) is 0. The fraction of sp³-hybridized carbons (Fsp3) is 0.308. The lowest BCUT2D eigenvalue weighted by Gasteiger charge is -2.02. The van der Waals surface area contributed by atoms with Crippen molar-refractivity contribution in [1.29, 1.82) is 0 Å². The topological polar surface area (TPSA) is 43.8 Å². The Bertz CT molecular complexity index is 431. The van der Waals surface area contributed by atoms with Gasteiger partial charge in [0.2, 0.25) is 0 Å². The molecular weight excluding hydrogens is 198 g/mol. The zero-order valence-corrected chi connectivity index (χ0v) is 9.50. The van der Waals surface area contributed by atoms with Crippen molar-refractivity contribution >= 4 is 0 Å². The van der Waals surface area contributed by atoms with Crippen LogP contribution in [0.15, 0.2) is 42.7 Å². The first-order valence-electron chi connectivity index (χ1n) is 5.60. The van der Waals surface area contributed by atoms with Crippen molar-refractivity contribution in [3.63, 3.8) is 0 Å². The normalized spacial score (nSPS) is 12.6. The lowest BCUT2D eigenvalue weighted by Crippen LogP contribution is -2.15. The summed E-state index contributed by atoms with van der Waals surface area (Å²) < 4.78 is 1.90. The van der Waals surface area contributed by atoms with Crippen LogP contribution in [0.25, 0.3) is 5.69 Å². The molecule has 0 radical (unpaired) electrons. The first-order valence-corrected chi connectivity index (χ1v) is 5.60. The first-order chi connectivity index (χ1) is 7.75. The molecule has 1 aromatic heterocycles. The monoisotopic (exact) mass is 215 g/mol. The molecule has 2 N–H and O–H groups in total. The zero-order valence-electron chi connectivity index (χ0n) is 9.50. The molecule has 0 aliphatic rings. The van der Waals surface area contributed by atoms with Gasteiger partial charge in [-0.15, -0.1) is 0 Å². The van der Waals surface area contributed by atoms with E-state index in [4.69, 9.17) is 5.73 Å². The van der Waals surface area contributed by atoms with Crippen LogP contribution in [0, 0.1) is 0 Å². The van der Waals surface area contributed by atoms with Gasteiger partial charge in [-0.3, -0.25) is 0 Å². The minimum Gasteiger partial charge on any atom is -0.328 e. The van der Waals surface area contributed by atoms with Crippen LogP contribution in [0.5, 0.6) is 0 Å². The number of aryl methyl sites for hydroxylation is 1. The standard InChI is InChI=1S/C13H17N3/c1-11(14)7-8-12-9-15-16(10-12)13-5-3-2-4-6-13/h2-6,9-11H,7-8,14H2,1H3. The summed E-state index contributed by atoms with van der Waals surface area (Å²) in [4.78, 5) is 0. The van der Waals surface area contributed by atoms with E-state index >= 15 is 0 Å². The summed E-state index contributed by atoms with van der Waals surface area (Å²) in [5.41, 5.74) is 8.06. The van der Waals surface area contributed by atoms with Gasteiger partial charge < -0.3 is 5.73 Å². The van der Waals surface area contributed by atoms with Gasteiger partial charge in [0.15, 0.2) is 0 Å². The molecule has 0 fully saturated rings. The van der Waals surface area contributed by atoms with Crippen LogP contribution < -0.4 is 5.73 Å². The number of benzene rings is 1. The molecule has 0 aliphatic heterocycles. The number of hydrogen-bond donors (Lipinski definition) is 1. The maximum absolute atomic E-state index is 5.73. The van der Waals surface area contributed by atoms with Crippen molar-refractivity contribution in [2.24, 2.45) is 5.73 Å². The summed E-state index contributed by atoms with van der Waals surface area (Å²) in [6.07, 6.45) is 5.97. The third kappa shape index (κ3) is 2.70. The van der Waals surface area contributed by atoms with E-state index in [1.165, 1.54) is 5.56 Å². The highest BCUT2D eigenvalue weighted by atomic mass is 15.3. The Morgan fingerprint density at radius 3 is 2.75 bits per heavy atom. The van der Waals surface area contributed by atoms with Crippen molar-refractivity contribution < 1.29 is 0 Å². The molecule has 3 nitrogen and oxygen atoms in total. The Balaban J connectivity index is 2.08. The van der Waals surface area contributed by atoms with Crippen LogP contribution in [-0.2, 0) is 6.42 Å². The Morgan fingerprint density at radius 1 is 1.31 bits per heavy atom. The van der Waals surface area contributed by atoms with Gasteiger partial charge >= 0.3 is 0 Å². The van der Waals surface area contributed by atoms with Crippen molar-refractivity contribution in [3.05, 3.63) is 48.3 Å². The zero-order chi connectivity index (χ0) is 11.4. The number of aromatic nitrogens is 2. The number of rotatable bonds is 4. The second-order valence-corrected chi connectivity index (χ2v) is 4.14. The molecule has 0 saturated carbocycles. The van der Waals surface area contributed by atoms with Crippen LogP contribution >= 0.6 is 0 Å². The fourth-order valence-corrected chi connectivity index (χ4v) is 1.61. The van der Waals surface area contributed by atoms with E-state index in [0.29, 0.717) is 0 Å². The van der Waals surface area contributed by atoms with E-state index in [9.17, 15) is 0 Å². The Hall–Kier alpha value is -1.61. The molecular formula is C13H17N3. The van der Waals surface area contributed by atoms with E-state index in [-0.39, 0.29) is 6.04 Å². The van der Waals surface area contributed by atoms with Crippen molar-refractivity contribution in [2.75, 3.05) is 0 Å². The van der Waals surface area contributed by atoms with Crippen LogP contribution in [0.4, 0.5) is 0 Å². The number of hydrogen-bond acceptors (Lipinski definition) is 2. The second kappa shape index (κ2) is 4.94. The molecule has 2 aromatic rings. The third-order valence-corrected chi connectivity index (χ3v) is 2.55. The molecule has 84 valence electrons. The van der Waals surface area contributed by atoms with Crippen molar-refractivity contribution in [3.8, 4) is 5.69 Å². The maximum atomic E-state index is 5.73. The fourth-order valence-electron chi connectivity index (χ4n) is 1.61. The predicted molar refractivity (Wildman–Crippen MR) is 65.5 cm³/mol. The van der Waals surface area contributed by atoms with E-state index in [0.717, 1.165) is 18.5 Å². The van der Waals surface area contributed by atoms with Gasteiger partial charge in [0, 0.05) is 12.2 Å². The number of nitrogens with two attached hydrogens (primary N) is 1. The average molecular weight is 215 g/mol. The summed E-state index contributed by atoms with van der Waals surface area (Å²) in [5, 5.41) is 4.34. The molecule has 1 aromatic carbocycles.